The molecule has 0 atom stereocenters. The number of nitrogens with one attached hydrogen (secondary N) is 1. The van der Waals surface area contributed by atoms with E-state index in [9.17, 15) is 9.59 Å². The zero-order valence-electron chi connectivity index (χ0n) is 14.7. The fraction of sp³-hybridized carbons (Fsp3) is 0. The maximum Gasteiger partial charge on any atom is 0.349 e. The lowest BCUT2D eigenvalue weighted by Gasteiger charge is -2.11. The van der Waals surface area contributed by atoms with Gasteiger partial charge in [-0.05, 0) is 48.5 Å². The molecule has 1 aromatic heterocycles. The van der Waals surface area contributed by atoms with Crippen LogP contribution in [0, 0.1) is 0 Å². The van der Waals surface area contributed by atoms with Gasteiger partial charge in [0.1, 0.15) is 11.1 Å². The van der Waals surface area contributed by atoms with E-state index in [0.717, 1.165) is 5.69 Å². The Morgan fingerprint density at radius 3 is 2.14 bits per heavy atom. The van der Waals surface area contributed by atoms with Crippen LogP contribution in [0.15, 0.2) is 98.3 Å². The van der Waals surface area contributed by atoms with Crippen LogP contribution in [0.1, 0.15) is 10.4 Å². The molecule has 0 aliphatic heterocycles. The lowest BCUT2D eigenvalue weighted by Crippen LogP contribution is -2.10. The molecule has 0 bridgehead atoms. The molecular weight excluding hydrogens is 354 g/mol. The van der Waals surface area contributed by atoms with Crippen LogP contribution < -0.4 is 10.9 Å². The number of hydrogen-bond donors (Lipinski definition) is 1. The normalized spacial score (nSPS) is 11.0. The number of carbonyl (C=O) groups is 1. The van der Waals surface area contributed by atoms with Crippen LogP contribution in [-0.2, 0) is 0 Å². The topological polar surface area (TPSA) is 84.0 Å². The number of rotatable bonds is 5. The summed E-state index contributed by atoms with van der Waals surface area (Å²) < 4.78 is 5.20. The first-order valence-corrected chi connectivity index (χ1v) is 8.59. The van der Waals surface area contributed by atoms with Crippen molar-refractivity contribution >= 4 is 40.0 Å². The molecule has 6 nitrogen and oxygen atoms in total. The minimum absolute atomic E-state index is 0.0495. The minimum Gasteiger partial charge on any atom is -0.422 e. The van der Waals surface area contributed by atoms with E-state index in [0.29, 0.717) is 34.3 Å². The van der Waals surface area contributed by atoms with E-state index >= 15 is 0 Å². The summed E-state index contributed by atoms with van der Waals surface area (Å²) in [5, 5.41) is 12.2. The fourth-order valence-corrected chi connectivity index (χ4v) is 2.77. The van der Waals surface area contributed by atoms with Crippen LogP contribution in [0.5, 0.6) is 0 Å². The molecule has 0 aliphatic carbocycles. The first-order chi connectivity index (χ1) is 13.7. The highest BCUT2D eigenvalue weighted by molar-refractivity contribution is 6.00. The molecule has 0 fully saturated rings. The average Bonchev–Trinajstić information content (AvgIpc) is 2.74. The highest BCUT2D eigenvalue weighted by Gasteiger charge is 2.14. The minimum atomic E-state index is -0.676. The van der Waals surface area contributed by atoms with Crippen LogP contribution in [-0.4, -0.2) is 6.29 Å². The lowest BCUT2D eigenvalue weighted by atomic mass is 10.1. The molecule has 4 aromatic rings. The summed E-state index contributed by atoms with van der Waals surface area (Å²) in [5.74, 6) is 0. The van der Waals surface area contributed by atoms with Gasteiger partial charge in [0, 0.05) is 11.1 Å². The van der Waals surface area contributed by atoms with Crippen molar-refractivity contribution in [3.63, 3.8) is 0 Å². The lowest BCUT2D eigenvalue weighted by molar-refractivity contribution is 0.112. The number of azo groups is 1. The van der Waals surface area contributed by atoms with Gasteiger partial charge in [-0.15, -0.1) is 0 Å². The van der Waals surface area contributed by atoms with E-state index in [2.05, 4.69) is 15.5 Å². The van der Waals surface area contributed by atoms with Gasteiger partial charge in [0.15, 0.2) is 6.29 Å². The zero-order chi connectivity index (χ0) is 19.3. The van der Waals surface area contributed by atoms with Crippen molar-refractivity contribution < 1.29 is 9.21 Å². The molecule has 28 heavy (non-hydrogen) atoms. The Kier molecular flexibility index (Phi) is 4.76. The van der Waals surface area contributed by atoms with Crippen LogP contribution in [0.2, 0.25) is 0 Å². The van der Waals surface area contributed by atoms with E-state index in [1.807, 2.05) is 36.4 Å². The molecule has 0 spiro atoms. The summed E-state index contributed by atoms with van der Waals surface area (Å²) >= 11 is 0. The summed E-state index contributed by atoms with van der Waals surface area (Å²) in [7, 11) is 0. The molecule has 1 N–H and O–H groups in total. The number of hydrogen-bond acceptors (Lipinski definition) is 6. The maximum atomic E-state index is 12.1. The largest absolute Gasteiger partial charge is 0.422 e. The number of anilines is 2. The smallest absolute Gasteiger partial charge is 0.349 e. The Morgan fingerprint density at radius 1 is 0.786 bits per heavy atom. The van der Waals surface area contributed by atoms with Crippen molar-refractivity contribution in [2.75, 3.05) is 5.32 Å². The number of carbonyl (C=O) groups excluding carboxylic acids is 1. The molecule has 3 aromatic carbocycles. The number of para-hydroxylation sites is 1. The third kappa shape index (κ3) is 3.57. The van der Waals surface area contributed by atoms with E-state index in [4.69, 9.17) is 4.42 Å². The molecule has 0 saturated heterocycles. The van der Waals surface area contributed by atoms with Gasteiger partial charge in [-0.1, -0.05) is 30.3 Å². The van der Waals surface area contributed by atoms with E-state index in [1.54, 1.807) is 42.5 Å². The number of fused-ring (bicyclic) bond motifs is 1. The molecule has 0 radical (unpaired) electrons. The predicted molar refractivity (Wildman–Crippen MR) is 108 cm³/mol. The van der Waals surface area contributed by atoms with Gasteiger partial charge in [-0.2, -0.15) is 10.2 Å². The monoisotopic (exact) mass is 369 g/mol. The Balaban J connectivity index is 1.64. The summed E-state index contributed by atoms with van der Waals surface area (Å²) in [6.45, 7) is 0. The molecular formula is C22H15N3O3. The Hall–Kier alpha value is -4.06. The molecule has 0 aliphatic rings. The van der Waals surface area contributed by atoms with Gasteiger partial charge in [0.25, 0.3) is 0 Å². The summed E-state index contributed by atoms with van der Waals surface area (Å²) in [4.78, 5) is 23.5. The van der Waals surface area contributed by atoms with Gasteiger partial charge in [0.05, 0.1) is 17.1 Å². The molecule has 1 heterocycles. The maximum absolute atomic E-state index is 12.1. The van der Waals surface area contributed by atoms with Gasteiger partial charge in [-0.25, -0.2) is 4.79 Å². The Morgan fingerprint density at radius 2 is 1.43 bits per heavy atom. The second-order valence-electron chi connectivity index (χ2n) is 6.00. The van der Waals surface area contributed by atoms with Gasteiger partial charge in [-0.3, -0.25) is 4.79 Å². The standard InChI is InChI=1S/C22H15N3O3/c26-14-19-21(18-8-4-5-9-20(18)28-22(19)27)23-15-10-12-17(13-11-15)25-24-16-6-2-1-3-7-16/h1-14,23H. The van der Waals surface area contributed by atoms with Gasteiger partial charge in [0.2, 0.25) is 0 Å². The third-order valence-electron chi connectivity index (χ3n) is 4.14. The van der Waals surface area contributed by atoms with Crippen LogP contribution in [0.25, 0.3) is 11.0 Å². The molecule has 136 valence electrons. The van der Waals surface area contributed by atoms with Crippen LogP contribution >= 0.6 is 0 Å². The van der Waals surface area contributed by atoms with Crippen molar-refractivity contribution in [3.8, 4) is 0 Å². The summed E-state index contributed by atoms with van der Waals surface area (Å²) in [6.07, 6.45) is 0.503. The summed E-state index contributed by atoms with van der Waals surface area (Å²) in [5.41, 5.74) is 2.26. The van der Waals surface area contributed by atoms with Gasteiger partial charge >= 0.3 is 5.63 Å². The van der Waals surface area contributed by atoms with E-state index < -0.39 is 5.63 Å². The van der Waals surface area contributed by atoms with Crippen LogP contribution in [0.4, 0.5) is 22.7 Å². The average molecular weight is 369 g/mol. The van der Waals surface area contributed by atoms with Crippen molar-refractivity contribution in [1.82, 2.24) is 0 Å². The Labute approximate surface area is 160 Å². The first-order valence-electron chi connectivity index (χ1n) is 8.59. The molecule has 0 unspecified atom stereocenters. The number of nitrogens with zero attached hydrogens (tertiary/aromatic N) is 2. The van der Waals surface area contributed by atoms with Crippen LogP contribution in [0.3, 0.4) is 0 Å². The highest BCUT2D eigenvalue weighted by Crippen LogP contribution is 2.28. The van der Waals surface area contributed by atoms with E-state index in [1.165, 1.54) is 0 Å². The number of aldehydes is 1. The van der Waals surface area contributed by atoms with Crippen molar-refractivity contribution in [3.05, 3.63) is 94.8 Å². The molecule has 6 heteroatoms. The third-order valence-corrected chi connectivity index (χ3v) is 4.14. The van der Waals surface area contributed by atoms with E-state index in [-0.39, 0.29) is 5.56 Å². The van der Waals surface area contributed by atoms with Gasteiger partial charge < -0.3 is 9.73 Å². The predicted octanol–water partition coefficient (Wildman–Crippen LogP) is 5.76. The highest BCUT2D eigenvalue weighted by atomic mass is 16.4. The molecule has 0 saturated carbocycles. The van der Waals surface area contributed by atoms with Crippen molar-refractivity contribution in [2.45, 2.75) is 0 Å². The van der Waals surface area contributed by atoms with Crippen molar-refractivity contribution in [1.29, 1.82) is 0 Å². The fourth-order valence-electron chi connectivity index (χ4n) is 2.77. The molecule has 0 amide bonds. The first kappa shape index (κ1) is 17.4. The molecule has 4 rings (SSSR count). The summed E-state index contributed by atoms with van der Waals surface area (Å²) in [6, 6.07) is 23.7. The number of benzene rings is 3. The zero-order valence-corrected chi connectivity index (χ0v) is 14.7. The second-order valence-corrected chi connectivity index (χ2v) is 6.00. The second kappa shape index (κ2) is 7.67. The Bertz CT molecular complexity index is 1210. The SMILES string of the molecule is O=Cc1c(Nc2ccc(N=Nc3ccccc3)cc2)c2ccccc2oc1=O. The van der Waals surface area contributed by atoms with Crippen molar-refractivity contribution in [2.24, 2.45) is 10.2 Å². The quantitative estimate of drug-likeness (QED) is 0.275.